The third-order valence-electron chi connectivity index (χ3n) is 4.36. The average molecular weight is 415 g/mol. The van der Waals surface area contributed by atoms with Crippen LogP contribution < -0.4 is 15.5 Å². The number of thioether (sulfide) groups is 1. The minimum atomic E-state index is -0.259. The van der Waals surface area contributed by atoms with Crippen LogP contribution in [0.25, 0.3) is 0 Å². The lowest BCUT2D eigenvalue weighted by molar-refractivity contribution is -0.125. The summed E-state index contributed by atoms with van der Waals surface area (Å²) in [6.45, 7) is 0.467. The molecular formula is C21H22FN3O3S. The summed E-state index contributed by atoms with van der Waals surface area (Å²) in [4.78, 5) is 38.7. The van der Waals surface area contributed by atoms with Gasteiger partial charge in [0.15, 0.2) is 0 Å². The van der Waals surface area contributed by atoms with Crippen LogP contribution in [0.1, 0.15) is 19.3 Å². The number of nitrogens with one attached hydrogen (secondary N) is 2. The van der Waals surface area contributed by atoms with Gasteiger partial charge in [0, 0.05) is 24.3 Å². The van der Waals surface area contributed by atoms with E-state index >= 15 is 0 Å². The summed E-state index contributed by atoms with van der Waals surface area (Å²) in [7, 11) is 0. The van der Waals surface area contributed by atoms with Crippen LogP contribution in [0, 0.1) is 5.82 Å². The van der Waals surface area contributed by atoms with Gasteiger partial charge in [-0.3, -0.25) is 14.4 Å². The van der Waals surface area contributed by atoms with Crippen LogP contribution in [0.3, 0.4) is 0 Å². The lowest BCUT2D eigenvalue weighted by Crippen LogP contribution is -2.42. The molecule has 1 aliphatic heterocycles. The molecule has 6 nitrogen and oxygen atoms in total. The second kappa shape index (κ2) is 10.1. The van der Waals surface area contributed by atoms with Gasteiger partial charge in [-0.1, -0.05) is 12.1 Å². The molecule has 0 saturated heterocycles. The van der Waals surface area contributed by atoms with Crippen LogP contribution in [0.5, 0.6) is 0 Å². The molecule has 0 atom stereocenters. The molecule has 0 spiro atoms. The van der Waals surface area contributed by atoms with Crippen LogP contribution in [-0.2, 0) is 14.4 Å². The number of benzene rings is 2. The van der Waals surface area contributed by atoms with Gasteiger partial charge >= 0.3 is 0 Å². The largest absolute Gasteiger partial charge is 0.356 e. The highest BCUT2D eigenvalue weighted by Crippen LogP contribution is 2.29. The quantitative estimate of drug-likeness (QED) is 0.513. The standard InChI is InChI=1S/C21H22FN3O3S/c22-15-6-8-16(9-7-15)29-13-3-12-23-19(26)10-11-21(28)25-14-20(27)24-17-4-1-2-5-18(17)25/h1-2,4-9H,3,10-14H2,(H,23,26)(H,24,27). The molecule has 1 heterocycles. The molecule has 0 bridgehead atoms. The molecule has 0 unspecified atom stereocenters. The molecule has 0 saturated carbocycles. The van der Waals surface area contributed by atoms with E-state index in [2.05, 4.69) is 10.6 Å². The fourth-order valence-electron chi connectivity index (χ4n) is 2.92. The Bertz CT molecular complexity index is 889. The third-order valence-corrected chi connectivity index (χ3v) is 5.46. The average Bonchev–Trinajstić information content (AvgIpc) is 2.72. The lowest BCUT2D eigenvalue weighted by Gasteiger charge is -2.29. The van der Waals surface area contributed by atoms with Gasteiger partial charge in [0.25, 0.3) is 0 Å². The van der Waals surface area contributed by atoms with E-state index in [1.54, 1.807) is 48.2 Å². The Balaban J connectivity index is 1.36. The van der Waals surface area contributed by atoms with Crippen LogP contribution in [0.4, 0.5) is 15.8 Å². The van der Waals surface area contributed by atoms with Gasteiger partial charge in [-0.25, -0.2) is 4.39 Å². The molecule has 1 aliphatic rings. The Hall–Kier alpha value is -2.87. The first-order chi connectivity index (χ1) is 14.0. The van der Waals surface area contributed by atoms with Crippen molar-refractivity contribution in [1.29, 1.82) is 0 Å². The fraction of sp³-hybridized carbons (Fsp3) is 0.286. The minimum absolute atomic E-state index is 0.0395. The third kappa shape index (κ3) is 6.05. The maximum Gasteiger partial charge on any atom is 0.244 e. The van der Waals surface area contributed by atoms with E-state index in [-0.39, 0.29) is 42.9 Å². The zero-order valence-electron chi connectivity index (χ0n) is 15.8. The highest BCUT2D eigenvalue weighted by molar-refractivity contribution is 7.99. The van der Waals surface area contributed by atoms with Crippen LogP contribution in [-0.4, -0.2) is 36.6 Å². The number of rotatable bonds is 8. The maximum absolute atomic E-state index is 12.9. The van der Waals surface area contributed by atoms with Gasteiger partial charge < -0.3 is 15.5 Å². The number of anilines is 2. The number of carbonyl (C=O) groups excluding carboxylic acids is 3. The van der Waals surface area contributed by atoms with Crippen molar-refractivity contribution in [2.24, 2.45) is 0 Å². The summed E-state index contributed by atoms with van der Waals surface area (Å²) in [6.07, 6.45) is 0.878. The highest BCUT2D eigenvalue weighted by Gasteiger charge is 2.26. The van der Waals surface area contributed by atoms with Crippen molar-refractivity contribution in [3.63, 3.8) is 0 Å². The summed E-state index contributed by atoms with van der Waals surface area (Å²) >= 11 is 1.59. The predicted molar refractivity (Wildman–Crippen MR) is 111 cm³/mol. The Morgan fingerprint density at radius 1 is 1.10 bits per heavy atom. The molecule has 0 radical (unpaired) electrons. The molecule has 0 fully saturated rings. The van der Waals surface area contributed by atoms with E-state index in [9.17, 15) is 18.8 Å². The van der Waals surface area contributed by atoms with Gasteiger partial charge in [0.05, 0.1) is 11.4 Å². The number of nitrogens with zero attached hydrogens (tertiary/aromatic N) is 1. The van der Waals surface area contributed by atoms with Crippen LogP contribution in [0.2, 0.25) is 0 Å². The molecule has 3 rings (SSSR count). The van der Waals surface area contributed by atoms with Crippen LogP contribution >= 0.6 is 11.8 Å². The summed E-state index contributed by atoms with van der Waals surface area (Å²) in [5.74, 6) is -0.163. The van der Waals surface area contributed by atoms with Crippen molar-refractivity contribution < 1.29 is 18.8 Å². The number of halogens is 1. The molecule has 2 aromatic carbocycles. The first-order valence-electron chi connectivity index (χ1n) is 9.37. The molecule has 2 aromatic rings. The van der Waals surface area contributed by atoms with E-state index in [1.807, 2.05) is 0 Å². The van der Waals surface area contributed by atoms with Gasteiger partial charge in [-0.2, -0.15) is 0 Å². The number of carbonyl (C=O) groups is 3. The minimum Gasteiger partial charge on any atom is -0.356 e. The van der Waals surface area contributed by atoms with Crippen molar-refractivity contribution in [1.82, 2.24) is 5.32 Å². The smallest absolute Gasteiger partial charge is 0.244 e. The first-order valence-corrected chi connectivity index (χ1v) is 10.4. The van der Waals surface area contributed by atoms with E-state index in [1.165, 1.54) is 17.0 Å². The topological polar surface area (TPSA) is 78.5 Å². The monoisotopic (exact) mass is 415 g/mol. The Morgan fingerprint density at radius 2 is 1.86 bits per heavy atom. The van der Waals surface area contributed by atoms with Gasteiger partial charge in [-0.05, 0) is 48.6 Å². The van der Waals surface area contributed by atoms with Gasteiger partial charge in [0.2, 0.25) is 17.7 Å². The molecule has 0 aliphatic carbocycles. The molecule has 0 aromatic heterocycles. The summed E-state index contributed by atoms with van der Waals surface area (Å²) in [6, 6.07) is 13.4. The van der Waals surface area contributed by atoms with Crippen LogP contribution in [0.15, 0.2) is 53.4 Å². The summed E-state index contributed by atoms with van der Waals surface area (Å²) in [5, 5.41) is 5.53. The summed E-state index contributed by atoms with van der Waals surface area (Å²) < 4.78 is 12.9. The zero-order chi connectivity index (χ0) is 20.6. The predicted octanol–water partition coefficient (Wildman–Crippen LogP) is 3.19. The molecule has 8 heteroatoms. The van der Waals surface area contributed by atoms with Crippen molar-refractivity contribution in [3.8, 4) is 0 Å². The normalized spacial score (nSPS) is 12.9. The van der Waals surface area contributed by atoms with E-state index in [0.717, 1.165) is 17.1 Å². The van der Waals surface area contributed by atoms with E-state index in [0.29, 0.717) is 17.9 Å². The van der Waals surface area contributed by atoms with Crippen molar-refractivity contribution in [2.45, 2.75) is 24.2 Å². The SMILES string of the molecule is O=C(CCC(=O)N1CC(=O)Nc2ccccc21)NCCCSc1ccc(F)cc1. The molecule has 3 amide bonds. The lowest BCUT2D eigenvalue weighted by atomic mass is 10.1. The number of para-hydroxylation sites is 2. The molecule has 29 heavy (non-hydrogen) atoms. The van der Waals surface area contributed by atoms with Crippen molar-refractivity contribution >= 4 is 40.9 Å². The molecular weight excluding hydrogens is 393 g/mol. The van der Waals surface area contributed by atoms with Gasteiger partial charge in [0.1, 0.15) is 12.4 Å². The zero-order valence-corrected chi connectivity index (χ0v) is 16.6. The Morgan fingerprint density at radius 3 is 2.66 bits per heavy atom. The second-order valence-corrected chi connectivity index (χ2v) is 7.72. The maximum atomic E-state index is 12.9. The Labute approximate surface area is 172 Å². The van der Waals surface area contributed by atoms with Crippen molar-refractivity contribution in [2.75, 3.05) is 29.1 Å². The molecule has 2 N–H and O–H groups in total. The number of hydrogen-bond donors (Lipinski definition) is 2. The van der Waals surface area contributed by atoms with E-state index in [4.69, 9.17) is 0 Å². The highest BCUT2D eigenvalue weighted by atomic mass is 32.2. The number of hydrogen-bond acceptors (Lipinski definition) is 4. The Kier molecular flexibility index (Phi) is 7.24. The second-order valence-electron chi connectivity index (χ2n) is 6.55. The van der Waals surface area contributed by atoms with Crippen molar-refractivity contribution in [3.05, 3.63) is 54.3 Å². The molecule has 152 valence electrons. The summed E-state index contributed by atoms with van der Waals surface area (Å²) in [5.41, 5.74) is 1.25. The fourth-order valence-corrected chi connectivity index (χ4v) is 3.77. The van der Waals surface area contributed by atoms with Gasteiger partial charge in [-0.15, -0.1) is 11.8 Å². The first kappa shape index (κ1) is 20.9. The number of fused-ring (bicyclic) bond motifs is 1. The number of amides is 3. The van der Waals surface area contributed by atoms with E-state index < -0.39 is 0 Å².